The van der Waals surface area contributed by atoms with Crippen LogP contribution in [0.5, 0.6) is 11.5 Å². The van der Waals surface area contributed by atoms with Gasteiger partial charge in [0.15, 0.2) is 0 Å². The number of halogens is 1. The summed E-state index contributed by atoms with van der Waals surface area (Å²) in [5.74, 6) is -0.139. The van der Waals surface area contributed by atoms with Crippen LogP contribution in [0.2, 0.25) is 5.02 Å². The van der Waals surface area contributed by atoms with E-state index < -0.39 is 25.7 Å². The summed E-state index contributed by atoms with van der Waals surface area (Å²) in [5.41, 5.74) is 4.95. The van der Waals surface area contributed by atoms with E-state index >= 15 is 0 Å². The average Bonchev–Trinajstić information content (AvgIpc) is 3.72. The molecule has 14 nitrogen and oxygen atoms in total. The molecule has 312 valence electrons. The van der Waals surface area contributed by atoms with E-state index in [1.165, 1.54) is 23.8 Å². The molecule has 1 amide bonds. The molecular weight excluding hydrogens is 808 g/mol. The lowest BCUT2D eigenvalue weighted by atomic mass is 9.86. The molecule has 2 aliphatic heterocycles. The van der Waals surface area contributed by atoms with Crippen molar-refractivity contribution in [2.45, 2.75) is 43.0 Å². The Kier molecular flexibility index (Phi) is 11.9. The molecule has 3 aliphatic rings. The highest BCUT2D eigenvalue weighted by molar-refractivity contribution is 7.90. The number of carbonyl (C=O) groups is 2. The molecule has 3 heterocycles. The monoisotopic (exact) mass is 852 g/mol. The summed E-state index contributed by atoms with van der Waals surface area (Å²) in [4.78, 5) is 47.1. The number of amides is 1. The second-order valence-electron chi connectivity index (χ2n) is 15.4. The number of nitro groups is 1. The van der Waals surface area contributed by atoms with Crippen molar-refractivity contribution in [2.75, 3.05) is 62.8 Å². The summed E-state index contributed by atoms with van der Waals surface area (Å²) >= 11 is 6.16. The fraction of sp³-hybridized carbons (Fsp3) is 0.318. The van der Waals surface area contributed by atoms with Gasteiger partial charge >= 0.3 is 0 Å². The number of ketones is 1. The van der Waals surface area contributed by atoms with Crippen molar-refractivity contribution in [2.24, 2.45) is 0 Å². The maximum Gasteiger partial charge on any atom is 0.293 e. The number of sulfonamides is 1. The Morgan fingerprint density at radius 1 is 0.983 bits per heavy atom. The molecule has 60 heavy (non-hydrogen) atoms. The topological polar surface area (TPSA) is 167 Å². The minimum atomic E-state index is -4.57. The minimum absolute atomic E-state index is 0.0112. The SMILES string of the molecule is CN(c1ccc(S(=O)(=O)NC(=O)c2ccc(N3CCN(CC4=C(c5ccc(Cl)cc5)CCC(=O)C4)CC3)cc2Oc2ccc3[nH]ccc3c2)cc1[N+](=O)[O-])C1CCOCC1. The number of piperazine rings is 1. The van der Waals surface area contributed by atoms with Crippen LogP contribution in [0.3, 0.4) is 0 Å². The first kappa shape index (κ1) is 41.0. The fourth-order valence-corrected chi connectivity index (χ4v) is 9.39. The summed E-state index contributed by atoms with van der Waals surface area (Å²) in [6.45, 7) is 4.50. The average molecular weight is 853 g/mol. The lowest BCUT2D eigenvalue weighted by molar-refractivity contribution is -0.384. The van der Waals surface area contributed by atoms with Crippen LogP contribution in [0.4, 0.5) is 17.1 Å². The number of aromatic nitrogens is 1. The molecule has 8 rings (SSSR count). The largest absolute Gasteiger partial charge is 0.456 e. The van der Waals surface area contributed by atoms with E-state index in [9.17, 15) is 28.1 Å². The van der Waals surface area contributed by atoms with Gasteiger partial charge in [-0.15, -0.1) is 0 Å². The smallest absolute Gasteiger partial charge is 0.293 e. The molecule has 1 aliphatic carbocycles. The fourth-order valence-electron chi connectivity index (χ4n) is 8.28. The number of H-pyrrole nitrogens is 1. The first-order valence-corrected chi connectivity index (χ1v) is 21.8. The highest BCUT2D eigenvalue weighted by Gasteiger charge is 2.30. The number of hydrogen-bond acceptors (Lipinski definition) is 11. The van der Waals surface area contributed by atoms with Gasteiger partial charge in [0.1, 0.15) is 23.0 Å². The molecule has 0 spiro atoms. The highest BCUT2D eigenvalue weighted by atomic mass is 35.5. The predicted molar refractivity (Wildman–Crippen MR) is 231 cm³/mol. The van der Waals surface area contributed by atoms with Crippen LogP contribution in [0.1, 0.15) is 48.0 Å². The van der Waals surface area contributed by atoms with Crippen molar-refractivity contribution in [3.8, 4) is 11.5 Å². The number of rotatable bonds is 12. The van der Waals surface area contributed by atoms with E-state index in [1.807, 2.05) is 42.5 Å². The third kappa shape index (κ3) is 9.04. The van der Waals surface area contributed by atoms with Crippen molar-refractivity contribution in [3.05, 3.63) is 123 Å². The van der Waals surface area contributed by atoms with Gasteiger partial charge < -0.3 is 24.3 Å². The summed E-state index contributed by atoms with van der Waals surface area (Å²) < 4.78 is 41.3. The molecule has 2 N–H and O–H groups in total. The number of Topliss-reactive ketones (excluding diaryl/α,β-unsaturated/α-hetero) is 1. The highest BCUT2D eigenvalue weighted by Crippen LogP contribution is 2.36. The number of nitrogens with zero attached hydrogens (tertiary/aromatic N) is 4. The number of nitrogens with one attached hydrogen (secondary N) is 2. The molecule has 0 saturated carbocycles. The standard InChI is InChI=1S/C44H45ClN6O8S/c1-48(33-15-22-58-23-16-33)41-13-9-37(27-42(41)51(54)55)60(56,57)47-44(53)39-10-6-34(26-43(39)59-36-8-12-40-30(25-36)14-17-46-40)50-20-18-49(19-21-50)28-31-24-35(52)7-11-38(31)29-2-4-32(45)5-3-29/h2-6,8-10,12-14,17,25-27,33,46H,7,11,15-16,18-24,28H2,1H3,(H,47,53). The number of hydrogen-bond donors (Lipinski definition) is 2. The normalized spacial score (nSPS) is 16.9. The molecule has 0 radical (unpaired) electrons. The lowest BCUT2D eigenvalue weighted by Gasteiger charge is -2.37. The number of carbonyl (C=O) groups excluding carboxylic acids is 2. The number of ether oxygens (including phenoxy) is 2. The van der Waals surface area contributed by atoms with Gasteiger partial charge in [0.05, 0.1) is 15.4 Å². The van der Waals surface area contributed by atoms with Gasteiger partial charge in [-0.2, -0.15) is 0 Å². The van der Waals surface area contributed by atoms with Crippen molar-refractivity contribution in [1.82, 2.24) is 14.6 Å². The second-order valence-corrected chi connectivity index (χ2v) is 17.5. The molecular formula is C44H45ClN6O8S. The third-order valence-electron chi connectivity index (χ3n) is 11.6. The molecule has 2 fully saturated rings. The van der Waals surface area contributed by atoms with E-state index in [4.69, 9.17) is 21.1 Å². The van der Waals surface area contributed by atoms with Crippen molar-refractivity contribution in [3.63, 3.8) is 0 Å². The van der Waals surface area contributed by atoms with E-state index in [-0.39, 0.29) is 34.5 Å². The molecule has 0 bridgehead atoms. The van der Waals surface area contributed by atoms with Crippen LogP contribution < -0.4 is 19.3 Å². The molecule has 2 saturated heterocycles. The lowest BCUT2D eigenvalue weighted by Crippen LogP contribution is -2.47. The summed E-state index contributed by atoms with van der Waals surface area (Å²) in [5, 5.41) is 13.8. The van der Waals surface area contributed by atoms with Crippen LogP contribution in [-0.2, 0) is 19.6 Å². The van der Waals surface area contributed by atoms with Gasteiger partial charge in [-0.3, -0.25) is 24.6 Å². The van der Waals surface area contributed by atoms with Crippen LogP contribution in [0.25, 0.3) is 16.5 Å². The first-order chi connectivity index (χ1) is 28.9. The number of allylic oxidation sites excluding steroid dienone is 1. The van der Waals surface area contributed by atoms with E-state index in [2.05, 4.69) is 19.5 Å². The Morgan fingerprint density at radius 2 is 1.75 bits per heavy atom. The molecule has 5 aromatic rings. The third-order valence-corrected chi connectivity index (χ3v) is 13.2. The Labute approximate surface area is 352 Å². The van der Waals surface area contributed by atoms with Crippen LogP contribution in [0, 0.1) is 10.1 Å². The molecule has 0 unspecified atom stereocenters. The van der Waals surface area contributed by atoms with E-state index in [0.717, 1.165) is 46.9 Å². The minimum Gasteiger partial charge on any atom is -0.456 e. The van der Waals surface area contributed by atoms with Gasteiger partial charge in [0.25, 0.3) is 21.6 Å². The molecule has 1 aromatic heterocycles. The maximum atomic E-state index is 13.9. The van der Waals surface area contributed by atoms with Crippen molar-refractivity contribution < 1.29 is 32.4 Å². The van der Waals surface area contributed by atoms with Crippen molar-refractivity contribution >= 4 is 66.9 Å². The quantitative estimate of drug-likeness (QED) is 0.0938. The summed E-state index contributed by atoms with van der Waals surface area (Å²) in [7, 11) is -2.83. The maximum absolute atomic E-state index is 13.9. The van der Waals surface area contributed by atoms with Gasteiger partial charge in [-0.1, -0.05) is 23.7 Å². The van der Waals surface area contributed by atoms with Crippen LogP contribution in [-0.4, -0.2) is 93.9 Å². The predicted octanol–water partition coefficient (Wildman–Crippen LogP) is 7.58. The Balaban J connectivity index is 1.02. The van der Waals surface area contributed by atoms with Crippen molar-refractivity contribution in [1.29, 1.82) is 0 Å². The number of benzene rings is 4. The molecule has 16 heteroatoms. The number of aromatic amines is 1. The van der Waals surface area contributed by atoms with Crippen LogP contribution >= 0.6 is 11.6 Å². The second kappa shape index (κ2) is 17.5. The number of nitro benzene ring substituents is 1. The Morgan fingerprint density at radius 3 is 2.50 bits per heavy atom. The molecule has 4 aromatic carbocycles. The zero-order valence-corrected chi connectivity index (χ0v) is 34.6. The van der Waals surface area contributed by atoms with Gasteiger partial charge in [0, 0.05) is 112 Å². The molecule has 0 atom stereocenters. The number of fused-ring (bicyclic) bond motifs is 1. The Bertz CT molecular complexity index is 2580. The van der Waals surface area contributed by atoms with Crippen LogP contribution in [0.15, 0.2) is 102 Å². The van der Waals surface area contributed by atoms with E-state index in [0.29, 0.717) is 75.7 Å². The number of anilines is 2. The summed E-state index contributed by atoms with van der Waals surface area (Å²) in [6.07, 6.45) is 4.83. The van der Waals surface area contributed by atoms with E-state index in [1.54, 1.807) is 36.3 Å². The van der Waals surface area contributed by atoms with Gasteiger partial charge in [0.2, 0.25) is 0 Å². The zero-order chi connectivity index (χ0) is 42.0. The zero-order valence-electron chi connectivity index (χ0n) is 33.1. The van der Waals surface area contributed by atoms with Gasteiger partial charge in [-0.05, 0) is 96.6 Å². The Hall–Kier alpha value is -5.74. The van der Waals surface area contributed by atoms with Gasteiger partial charge in [-0.25, -0.2) is 13.1 Å². The first-order valence-electron chi connectivity index (χ1n) is 19.9. The summed E-state index contributed by atoms with van der Waals surface area (Å²) in [6, 6.07) is 23.7.